The van der Waals surface area contributed by atoms with E-state index in [4.69, 9.17) is 4.52 Å². The van der Waals surface area contributed by atoms with Crippen molar-refractivity contribution >= 4 is 11.8 Å². The van der Waals surface area contributed by atoms with Gasteiger partial charge in [-0.2, -0.15) is 0 Å². The normalized spacial score (nSPS) is 24.8. The third-order valence-electron chi connectivity index (χ3n) is 4.24. The molecule has 3 atom stereocenters. The molecule has 1 fully saturated rings. The quantitative estimate of drug-likeness (QED) is 0.930. The minimum absolute atomic E-state index is 0.193. The van der Waals surface area contributed by atoms with E-state index >= 15 is 0 Å². The zero-order valence-electron chi connectivity index (χ0n) is 13.6. The van der Waals surface area contributed by atoms with Crippen molar-refractivity contribution in [2.24, 2.45) is 5.92 Å². The van der Waals surface area contributed by atoms with Crippen LogP contribution >= 0.6 is 0 Å². The first-order valence-corrected chi connectivity index (χ1v) is 7.39. The molecule has 1 aromatic heterocycles. The number of rotatable bonds is 3. The van der Waals surface area contributed by atoms with Crippen molar-refractivity contribution < 1.29 is 14.4 Å². The van der Waals surface area contributed by atoms with E-state index in [-0.39, 0.29) is 23.4 Å². The van der Waals surface area contributed by atoms with E-state index in [1.807, 2.05) is 34.6 Å². The molecular weight excluding hydrogens is 270 g/mol. The molecule has 2 amide bonds. The van der Waals surface area contributed by atoms with Crippen molar-refractivity contribution in [1.82, 2.24) is 10.1 Å². The summed E-state index contributed by atoms with van der Waals surface area (Å²) in [6.45, 7) is 10.1. The monoisotopic (exact) mass is 295 g/mol. The Hall–Kier alpha value is -1.56. The van der Waals surface area contributed by atoms with Crippen LogP contribution in [0, 0.1) is 5.92 Å². The Morgan fingerprint density at radius 2 is 2.10 bits per heavy atom. The fourth-order valence-corrected chi connectivity index (χ4v) is 2.65. The molecule has 0 aliphatic carbocycles. The molecule has 1 saturated heterocycles. The van der Waals surface area contributed by atoms with Gasteiger partial charge in [0, 0.05) is 18.5 Å². The molecule has 1 aliphatic rings. The summed E-state index contributed by atoms with van der Waals surface area (Å²) in [4.78, 5) is 15.3. The maximum atomic E-state index is 12.4. The van der Waals surface area contributed by atoms with Crippen LogP contribution in [0.2, 0.25) is 0 Å². The number of aliphatic hydroxyl groups is 1. The van der Waals surface area contributed by atoms with Gasteiger partial charge in [0.2, 0.25) is 0 Å². The van der Waals surface area contributed by atoms with Crippen molar-refractivity contribution in [1.29, 1.82) is 0 Å². The van der Waals surface area contributed by atoms with Crippen molar-refractivity contribution in [2.75, 3.05) is 11.9 Å². The number of aliphatic hydroxyl groups excluding tert-OH is 1. The number of anilines is 1. The number of carbonyl (C=O) groups is 1. The fourth-order valence-electron chi connectivity index (χ4n) is 2.65. The van der Waals surface area contributed by atoms with Crippen molar-refractivity contribution in [3.63, 3.8) is 0 Å². The zero-order valence-corrected chi connectivity index (χ0v) is 13.6. The lowest BCUT2D eigenvalue weighted by Gasteiger charge is -2.26. The highest BCUT2D eigenvalue weighted by atomic mass is 16.5. The minimum atomic E-state index is -0.907. The molecule has 1 N–H and O–H groups in total. The highest BCUT2D eigenvalue weighted by Crippen LogP contribution is 2.33. The van der Waals surface area contributed by atoms with E-state index in [1.54, 1.807) is 18.0 Å². The van der Waals surface area contributed by atoms with Gasteiger partial charge < -0.3 is 14.5 Å². The number of hydrogen-bond acceptors (Lipinski definition) is 4. The van der Waals surface area contributed by atoms with Gasteiger partial charge in [0.25, 0.3) is 0 Å². The molecule has 0 bridgehead atoms. The van der Waals surface area contributed by atoms with Gasteiger partial charge in [-0.05, 0) is 5.92 Å². The van der Waals surface area contributed by atoms with Gasteiger partial charge in [-0.15, -0.1) is 0 Å². The van der Waals surface area contributed by atoms with Crippen LogP contribution < -0.4 is 4.90 Å². The average Bonchev–Trinajstić information content (AvgIpc) is 2.94. The number of aromatic nitrogens is 1. The Morgan fingerprint density at radius 1 is 1.48 bits per heavy atom. The summed E-state index contributed by atoms with van der Waals surface area (Å²) in [6, 6.07) is 1.24. The molecule has 1 aromatic rings. The summed E-state index contributed by atoms with van der Waals surface area (Å²) < 4.78 is 5.32. The Kier molecular flexibility index (Phi) is 4.02. The summed E-state index contributed by atoms with van der Waals surface area (Å²) in [5, 5.41) is 14.5. The maximum absolute atomic E-state index is 12.4. The first-order valence-electron chi connectivity index (χ1n) is 7.39. The van der Waals surface area contributed by atoms with Gasteiger partial charge in [-0.25, -0.2) is 9.69 Å². The molecule has 0 aromatic carbocycles. The van der Waals surface area contributed by atoms with E-state index < -0.39 is 6.23 Å². The molecule has 2 rings (SSSR count). The predicted molar refractivity (Wildman–Crippen MR) is 80.1 cm³/mol. The molecule has 0 saturated carbocycles. The molecule has 2 heterocycles. The number of hydrogen-bond donors (Lipinski definition) is 1. The standard InChI is InChI=1S/C15H25N3O3/c1-7-9(2)12-13(19)18(14(20)17(12)6)11-8-10(21-16-11)15(3,4)5/h8-9,12-13,19H,7H2,1-6H3/t9?,12-,13?/m0/s1. The van der Waals surface area contributed by atoms with Crippen LogP contribution in [0.25, 0.3) is 0 Å². The molecule has 1 aliphatic heterocycles. The Labute approximate surface area is 125 Å². The summed E-state index contributed by atoms with van der Waals surface area (Å²) in [6.07, 6.45) is -0.0189. The fraction of sp³-hybridized carbons (Fsp3) is 0.733. The first kappa shape index (κ1) is 15.8. The van der Waals surface area contributed by atoms with E-state index in [1.165, 1.54) is 4.90 Å². The molecule has 118 valence electrons. The lowest BCUT2D eigenvalue weighted by Crippen LogP contribution is -2.40. The van der Waals surface area contributed by atoms with Crippen LogP contribution in [-0.4, -0.2) is 40.5 Å². The molecule has 0 spiro atoms. The summed E-state index contributed by atoms with van der Waals surface area (Å²) in [7, 11) is 1.72. The Morgan fingerprint density at radius 3 is 2.57 bits per heavy atom. The molecule has 6 heteroatoms. The zero-order chi connectivity index (χ0) is 15.9. The Balaban J connectivity index is 2.32. The van der Waals surface area contributed by atoms with E-state index in [2.05, 4.69) is 5.16 Å². The third kappa shape index (κ3) is 2.64. The van der Waals surface area contributed by atoms with E-state index in [9.17, 15) is 9.90 Å². The Bertz CT molecular complexity index is 520. The van der Waals surface area contributed by atoms with Crippen molar-refractivity contribution in [3.05, 3.63) is 11.8 Å². The van der Waals surface area contributed by atoms with Crippen molar-refractivity contribution in [3.8, 4) is 0 Å². The smallest absolute Gasteiger partial charge is 0.328 e. The SMILES string of the molecule is CCC(C)[C@H]1C(O)N(c2cc(C(C)(C)C)on2)C(=O)N1C. The maximum Gasteiger partial charge on any atom is 0.328 e. The van der Waals surface area contributed by atoms with Crippen LogP contribution in [0.15, 0.2) is 10.6 Å². The van der Waals surface area contributed by atoms with Crippen molar-refractivity contribution in [2.45, 2.75) is 58.7 Å². The van der Waals surface area contributed by atoms with Gasteiger partial charge >= 0.3 is 6.03 Å². The second-order valence-electron chi connectivity index (χ2n) is 6.85. The average molecular weight is 295 g/mol. The van der Waals surface area contributed by atoms with Gasteiger partial charge in [-0.1, -0.05) is 46.2 Å². The van der Waals surface area contributed by atoms with Crippen LogP contribution in [0.5, 0.6) is 0 Å². The van der Waals surface area contributed by atoms with E-state index in [0.717, 1.165) is 6.42 Å². The molecule has 0 radical (unpaired) electrons. The highest BCUT2D eigenvalue weighted by molar-refractivity contribution is 5.94. The second kappa shape index (κ2) is 5.33. The number of nitrogens with zero attached hydrogens (tertiary/aromatic N) is 3. The summed E-state index contributed by atoms with van der Waals surface area (Å²) >= 11 is 0. The predicted octanol–water partition coefficient (Wildman–Crippen LogP) is 2.58. The molecule has 21 heavy (non-hydrogen) atoms. The summed E-state index contributed by atoms with van der Waals surface area (Å²) in [5.74, 6) is 1.26. The number of carbonyl (C=O) groups excluding carboxylic acids is 1. The van der Waals surface area contributed by atoms with Crippen LogP contribution in [0.3, 0.4) is 0 Å². The second-order valence-corrected chi connectivity index (χ2v) is 6.85. The number of urea groups is 1. The highest BCUT2D eigenvalue weighted by Gasteiger charge is 2.47. The molecule has 6 nitrogen and oxygen atoms in total. The van der Waals surface area contributed by atoms with E-state index in [0.29, 0.717) is 11.6 Å². The van der Waals surface area contributed by atoms with Crippen LogP contribution in [0.4, 0.5) is 10.6 Å². The topological polar surface area (TPSA) is 69.8 Å². The van der Waals surface area contributed by atoms with Gasteiger partial charge in [0.1, 0.15) is 5.76 Å². The summed E-state index contributed by atoms with van der Waals surface area (Å²) in [5.41, 5.74) is -0.193. The lowest BCUT2D eigenvalue weighted by molar-refractivity contribution is 0.0948. The lowest BCUT2D eigenvalue weighted by atomic mass is 9.93. The van der Waals surface area contributed by atoms with Gasteiger partial charge in [-0.3, -0.25) is 0 Å². The van der Waals surface area contributed by atoms with Gasteiger partial charge in [0.05, 0.1) is 6.04 Å². The first-order chi connectivity index (χ1) is 9.68. The van der Waals surface area contributed by atoms with Gasteiger partial charge in [0.15, 0.2) is 12.0 Å². The van der Waals surface area contributed by atoms with Crippen LogP contribution in [0.1, 0.15) is 46.8 Å². The third-order valence-corrected chi connectivity index (χ3v) is 4.24. The molecular formula is C15H25N3O3. The minimum Gasteiger partial charge on any atom is -0.371 e. The number of amides is 2. The number of likely N-dealkylation sites (N-methyl/N-ethyl adjacent to an activating group) is 1. The van der Waals surface area contributed by atoms with Crippen LogP contribution in [-0.2, 0) is 5.41 Å². The molecule has 2 unspecified atom stereocenters. The largest absolute Gasteiger partial charge is 0.371 e.